The molecule has 3 aromatic carbocycles. The van der Waals surface area contributed by atoms with E-state index in [-0.39, 0.29) is 0 Å². The molecule has 1 heterocycles. The van der Waals surface area contributed by atoms with Gasteiger partial charge in [-0.05, 0) is 68.0 Å². The first-order valence-corrected chi connectivity index (χ1v) is 13.6. The van der Waals surface area contributed by atoms with Crippen molar-refractivity contribution < 1.29 is 19.3 Å². The smallest absolute Gasteiger partial charge is 0.217 e. The lowest BCUT2D eigenvalue weighted by molar-refractivity contribution is 0.00313. The number of hydrogen-bond donors (Lipinski definition) is 1. The lowest BCUT2D eigenvalue weighted by Crippen LogP contribution is -2.38. The highest BCUT2D eigenvalue weighted by molar-refractivity contribution is 6.30. The summed E-state index contributed by atoms with van der Waals surface area (Å²) in [6, 6.07) is 22.5. The molecule has 1 aromatic heterocycles. The number of para-hydroxylation sites is 1. The molecule has 0 fully saturated rings. The van der Waals surface area contributed by atoms with Crippen molar-refractivity contribution in [1.29, 1.82) is 0 Å². The van der Waals surface area contributed by atoms with E-state index in [0.717, 1.165) is 16.7 Å². The van der Waals surface area contributed by atoms with Crippen LogP contribution >= 0.6 is 23.2 Å². The molecule has 210 valence electrons. The van der Waals surface area contributed by atoms with Gasteiger partial charge in [-0.3, -0.25) is 0 Å². The summed E-state index contributed by atoms with van der Waals surface area (Å²) in [4.78, 5) is 6.72. The van der Waals surface area contributed by atoms with E-state index in [1.807, 2.05) is 79.7 Å². The third-order valence-corrected chi connectivity index (χ3v) is 7.53. The van der Waals surface area contributed by atoms with E-state index >= 15 is 0 Å². The molecule has 2 atom stereocenters. The fraction of sp³-hybridized carbons (Fsp3) is 0.281. The molecule has 4 rings (SSSR count). The Morgan fingerprint density at radius 3 is 2.17 bits per heavy atom. The second-order valence-electron chi connectivity index (χ2n) is 9.83. The Kier molecular flexibility index (Phi) is 9.59. The van der Waals surface area contributed by atoms with Gasteiger partial charge in [-0.15, -0.1) is 0 Å². The van der Waals surface area contributed by atoms with Crippen molar-refractivity contribution in [2.24, 2.45) is 0 Å². The van der Waals surface area contributed by atoms with Crippen LogP contribution in [0.4, 0.5) is 0 Å². The molecule has 0 aliphatic carbocycles. The number of halogens is 2. The average molecular weight is 582 g/mol. The van der Waals surface area contributed by atoms with Crippen LogP contribution in [0.15, 0.2) is 79.0 Å². The largest absolute Gasteiger partial charge is 0.493 e. The van der Waals surface area contributed by atoms with Gasteiger partial charge in [0, 0.05) is 39.5 Å². The van der Waals surface area contributed by atoms with Crippen LogP contribution in [0.1, 0.15) is 29.0 Å². The fourth-order valence-electron chi connectivity index (χ4n) is 5.08. The van der Waals surface area contributed by atoms with E-state index in [9.17, 15) is 5.11 Å². The van der Waals surface area contributed by atoms with Gasteiger partial charge in [0.05, 0.1) is 27.2 Å². The van der Waals surface area contributed by atoms with Crippen molar-refractivity contribution in [2.45, 2.75) is 17.9 Å². The summed E-state index contributed by atoms with van der Waals surface area (Å²) in [5.74, 6) is 0.759. The number of rotatable bonds is 11. The number of methoxy groups -OCH3 is 3. The van der Waals surface area contributed by atoms with Gasteiger partial charge in [-0.2, -0.15) is 0 Å². The molecule has 40 heavy (non-hydrogen) atoms. The summed E-state index contributed by atoms with van der Waals surface area (Å²) in [7, 11) is 8.71. The molecule has 0 amide bonds. The predicted octanol–water partition coefficient (Wildman–Crippen LogP) is 7.05. The van der Waals surface area contributed by atoms with Crippen LogP contribution in [-0.2, 0) is 5.60 Å². The van der Waals surface area contributed by atoms with Gasteiger partial charge in [0.1, 0.15) is 5.60 Å². The zero-order valence-corrected chi connectivity index (χ0v) is 24.8. The number of ether oxygens (including phenoxy) is 3. The van der Waals surface area contributed by atoms with E-state index in [1.54, 1.807) is 39.7 Å². The van der Waals surface area contributed by atoms with Crippen molar-refractivity contribution in [3.63, 3.8) is 0 Å². The van der Waals surface area contributed by atoms with Crippen LogP contribution in [0.5, 0.6) is 17.4 Å². The van der Waals surface area contributed by atoms with Gasteiger partial charge in [-0.1, -0.05) is 59.6 Å². The minimum absolute atomic E-state index is 0.375. The normalized spacial score (nSPS) is 13.5. The van der Waals surface area contributed by atoms with Crippen molar-refractivity contribution in [1.82, 2.24) is 9.88 Å². The number of aromatic nitrogens is 1. The summed E-state index contributed by atoms with van der Waals surface area (Å²) in [5.41, 5.74) is 2.38. The Balaban J connectivity index is 2.08. The van der Waals surface area contributed by atoms with E-state index in [2.05, 4.69) is 4.98 Å². The summed E-state index contributed by atoms with van der Waals surface area (Å²) >= 11 is 12.6. The lowest BCUT2D eigenvalue weighted by Gasteiger charge is -2.39. The second kappa shape index (κ2) is 12.9. The van der Waals surface area contributed by atoms with Crippen LogP contribution < -0.4 is 14.2 Å². The minimum Gasteiger partial charge on any atom is -0.493 e. The van der Waals surface area contributed by atoms with E-state index in [0.29, 0.717) is 51.5 Å². The van der Waals surface area contributed by atoms with Gasteiger partial charge >= 0.3 is 0 Å². The maximum absolute atomic E-state index is 12.9. The molecule has 2 unspecified atom stereocenters. The van der Waals surface area contributed by atoms with Gasteiger partial charge in [0.25, 0.3) is 0 Å². The maximum Gasteiger partial charge on any atom is 0.217 e. The zero-order chi connectivity index (χ0) is 28.9. The standard InChI is InChI=1S/C32H34Cl2N2O4/c1-36(2)17-16-32(37,23-8-6-9-25(34)19-23)29(26-10-7-11-28(38-3)30(26)39-4)27-18-22(20-35-31(27)40-5)21-12-14-24(33)15-13-21/h6-15,18-20,29,37H,16-17H2,1-5H3. The highest BCUT2D eigenvalue weighted by Gasteiger charge is 2.44. The SMILES string of the molecule is COc1cccc(C(c2cc(-c3ccc(Cl)cc3)cnc2OC)C(O)(CCN(C)C)c2cccc(Cl)c2)c1OC. The predicted molar refractivity (Wildman–Crippen MR) is 161 cm³/mol. The highest BCUT2D eigenvalue weighted by atomic mass is 35.5. The maximum atomic E-state index is 12.9. The third kappa shape index (κ3) is 6.21. The number of hydrogen-bond acceptors (Lipinski definition) is 6. The van der Waals surface area contributed by atoms with Crippen LogP contribution in [0.25, 0.3) is 11.1 Å². The number of nitrogens with zero attached hydrogens (tertiary/aromatic N) is 2. The van der Waals surface area contributed by atoms with E-state index in [4.69, 9.17) is 37.4 Å². The summed E-state index contributed by atoms with van der Waals surface area (Å²) < 4.78 is 17.4. The van der Waals surface area contributed by atoms with Gasteiger partial charge in [0.15, 0.2) is 11.5 Å². The first-order valence-electron chi connectivity index (χ1n) is 12.9. The molecule has 0 aliphatic heterocycles. The van der Waals surface area contributed by atoms with Crippen molar-refractivity contribution >= 4 is 23.2 Å². The Morgan fingerprint density at radius 1 is 0.825 bits per heavy atom. The first-order chi connectivity index (χ1) is 19.2. The molecule has 1 N–H and O–H groups in total. The van der Waals surface area contributed by atoms with Gasteiger partial charge < -0.3 is 24.2 Å². The molecular weight excluding hydrogens is 547 g/mol. The molecule has 4 aromatic rings. The quantitative estimate of drug-likeness (QED) is 0.205. The van der Waals surface area contributed by atoms with Crippen molar-refractivity contribution in [3.05, 3.63) is 106 Å². The molecule has 8 heteroatoms. The minimum atomic E-state index is -1.46. The molecule has 0 saturated carbocycles. The molecule has 0 radical (unpaired) electrons. The Bertz CT molecular complexity index is 1450. The molecule has 0 bridgehead atoms. The third-order valence-electron chi connectivity index (χ3n) is 7.05. The van der Waals surface area contributed by atoms with E-state index in [1.165, 1.54) is 0 Å². The molecule has 0 spiro atoms. The van der Waals surface area contributed by atoms with Gasteiger partial charge in [0.2, 0.25) is 5.88 Å². The second-order valence-corrected chi connectivity index (χ2v) is 10.7. The summed E-state index contributed by atoms with van der Waals surface area (Å²) in [6.45, 7) is 0.596. The Hall–Kier alpha value is -3.29. The lowest BCUT2D eigenvalue weighted by atomic mass is 9.71. The summed E-state index contributed by atoms with van der Waals surface area (Å²) in [6.07, 6.45) is 2.13. The molecular formula is C32H34Cl2N2O4. The average Bonchev–Trinajstić information content (AvgIpc) is 2.96. The summed E-state index contributed by atoms with van der Waals surface area (Å²) in [5, 5.41) is 14.1. The Morgan fingerprint density at radius 2 is 1.55 bits per heavy atom. The fourth-order valence-corrected chi connectivity index (χ4v) is 5.39. The van der Waals surface area contributed by atoms with Crippen molar-refractivity contribution in [3.8, 4) is 28.5 Å². The molecule has 0 aliphatic rings. The van der Waals surface area contributed by atoms with Gasteiger partial charge in [-0.25, -0.2) is 4.98 Å². The van der Waals surface area contributed by atoms with E-state index < -0.39 is 11.5 Å². The molecule has 0 saturated heterocycles. The Labute approximate surface area is 246 Å². The number of benzene rings is 3. The van der Waals surface area contributed by atoms with Crippen LogP contribution in [-0.4, -0.2) is 57.0 Å². The highest BCUT2D eigenvalue weighted by Crippen LogP contribution is 2.51. The zero-order valence-electron chi connectivity index (χ0n) is 23.3. The van der Waals surface area contributed by atoms with Crippen LogP contribution in [0, 0.1) is 0 Å². The van der Waals surface area contributed by atoms with Crippen molar-refractivity contribution in [2.75, 3.05) is 42.0 Å². The van der Waals surface area contributed by atoms with Crippen LogP contribution in [0.2, 0.25) is 10.0 Å². The number of pyridine rings is 1. The molecule has 6 nitrogen and oxygen atoms in total. The first kappa shape index (κ1) is 29.7. The van der Waals surface area contributed by atoms with Crippen LogP contribution in [0.3, 0.4) is 0 Å². The number of aliphatic hydroxyl groups is 1. The topological polar surface area (TPSA) is 64.0 Å². The monoisotopic (exact) mass is 580 g/mol.